The molecule has 1 atom stereocenters. The van der Waals surface area contributed by atoms with E-state index in [0.29, 0.717) is 13.0 Å². The van der Waals surface area contributed by atoms with Gasteiger partial charge in [-0.1, -0.05) is 0 Å². The average Bonchev–Trinajstić information content (AvgIpc) is 2.35. The monoisotopic (exact) mass is 255 g/mol. The highest BCUT2D eigenvalue weighted by molar-refractivity contribution is 5.90. The Kier molecular flexibility index (Phi) is 4.25. The molecule has 1 aromatic carbocycles. The molecule has 1 aliphatic heterocycles. The van der Waals surface area contributed by atoms with Gasteiger partial charge in [0.15, 0.2) is 11.6 Å². The Balaban J connectivity index is 1.88. The van der Waals surface area contributed by atoms with Gasteiger partial charge in [0.05, 0.1) is 0 Å². The molecule has 0 aromatic heterocycles. The predicted octanol–water partition coefficient (Wildman–Crippen LogP) is 2.72. The van der Waals surface area contributed by atoms with Gasteiger partial charge in [0.25, 0.3) is 0 Å². The molecule has 1 unspecified atom stereocenters. The average molecular weight is 255 g/mol. The number of ether oxygens (including phenoxy) is 1. The van der Waals surface area contributed by atoms with Crippen molar-refractivity contribution < 1.29 is 18.3 Å². The van der Waals surface area contributed by atoms with Gasteiger partial charge in [-0.2, -0.15) is 0 Å². The molecular formula is C13H15F2NO2. The minimum absolute atomic E-state index is 0.198. The van der Waals surface area contributed by atoms with Crippen LogP contribution >= 0.6 is 0 Å². The summed E-state index contributed by atoms with van der Waals surface area (Å²) < 4.78 is 30.9. The van der Waals surface area contributed by atoms with Crippen LogP contribution in [-0.2, 0) is 9.53 Å². The number of carbonyl (C=O) groups excluding carboxylic acids is 1. The molecule has 0 bridgehead atoms. The van der Waals surface area contributed by atoms with E-state index < -0.39 is 11.6 Å². The maximum Gasteiger partial charge on any atom is 0.224 e. The molecule has 98 valence electrons. The Morgan fingerprint density at radius 3 is 2.89 bits per heavy atom. The molecule has 0 radical (unpaired) electrons. The predicted molar refractivity (Wildman–Crippen MR) is 63.1 cm³/mol. The summed E-state index contributed by atoms with van der Waals surface area (Å²) in [6, 6.07) is 3.31. The standard InChI is InChI=1S/C13H15F2NO2/c14-11-4-3-10(7-12(11)15)16-13(17)6-9-2-1-5-18-8-9/h3-4,7,9H,1-2,5-6,8H2,(H,16,17). The van der Waals surface area contributed by atoms with Crippen LogP contribution in [0.4, 0.5) is 14.5 Å². The summed E-state index contributed by atoms with van der Waals surface area (Å²) >= 11 is 0. The lowest BCUT2D eigenvalue weighted by Gasteiger charge is -2.21. The lowest BCUT2D eigenvalue weighted by atomic mass is 9.98. The van der Waals surface area contributed by atoms with Crippen LogP contribution < -0.4 is 5.32 Å². The quantitative estimate of drug-likeness (QED) is 0.901. The summed E-state index contributed by atoms with van der Waals surface area (Å²) in [4.78, 5) is 11.7. The van der Waals surface area contributed by atoms with Crippen LogP contribution in [0.3, 0.4) is 0 Å². The molecule has 18 heavy (non-hydrogen) atoms. The fourth-order valence-corrected chi connectivity index (χ4v) is 2.02. The van der Waals surface area contributed by atoms with Crippen molar-refractivity contribution >= 4 is 11.6 Å². The van der Waals surface area contributed by atoms with Gasteiger partial charge < -0.3 is 10.1 Å². The number of anilines is 1. The normalized spacial score (nSPS) is 19.6. The van der Waals surface area contributed by atoms with Crippen LogP contribution in [0, 0.1) is 17.6 Å². The maximum atomic E-state index is 12.9. The number of nitrogens with one attached hydrogen (secondary N) is 1. The molecule has 0 spiro atoms. The summed E-state index contributed by atoms with van der Waals surface area (Å²) in [5.74, 6) is -1.87. The fourth-order valence-electron chi connectivity index (χ4n) is 2.02. The van der Waals surface area contributed by atoms with E-state index in [4.69, 9.17) is 4.74 Å². The van der Waals surface area contributed by atoms with Crippen molar-refractivity contribution in [3.8, 4) is 0 Å². The molecule has 1 aliphatic rings. The number of carbonyl (C=O) groups is 1. The van der Waals surface area contributed by atoms with Gasteiger partial charge in [-0.05, 0) is 30.9 Å². The summed E-state index contributed by atoms with van der Waals surface area (Å²) in [5.41, 5.74) is 0.274. The van der Waals surface area contributed by atoms with Gasteiger partial charge in [0.1, 0.15) is 0 Å². The lowest BCUT2D eigenvalue weighted by Crippen LogP contribution is -2.23. The van der Waals surface area contributed by atoms with Gasteiger partial charge >= 0.3 is 0 Å². The summed E-state index contributed by atoms with van der Waals surface area (Å²) in [5, 5.41) is 2.56. The first-order valence-corrected chi connectivity index (χ1v) is 5.98. The molecular weight excluding hydrogens is 240 g/mol. The summed E-state index contributed by atoms with van der Waals surface area (Å²) in [7, 11) is 0. The van der Waals surface area contributed by atoms with E-state index in [1.165, 1.54) is 6.07 Å². The first kappa shape index (κ1) is 13.0. The zero-order chi connectivity index (χ0) is 13.0. The van der Waals surface area contributed by atoms with Crippen LogP contribution in [0.2, 0.25) is 0 Å². The van der Waals surface area contributed by atoms with Crippen molar-refractivity contribution in [2.45, 2.75) is 19.3 Å². The van der Waals surface area contributed by atoms with E-state index in [0.717, 1.165) is 31.6 Å². The largest absolute Gasteiger partial charge is 0.381 e. The topological polar surface area (TPSA) is 38.3 Å². The van der Waals surface area contributed by atoms with E-state index >= 15 is 0 Å². The van der Waals surface area contributed by atoms with Gasteiger partial charge in [0.2, 0.25) is 5.91 Å². The highest BCUT2D eigenvalue weighted by atomic mass is 19.2. The first-order valence-electron chi connectivity index (χ1n) is 5.98. The third-order valence-corrected chi connectivity index (χ3v) is 2.93. The number of rotatable bonds is 3. The molecule has 1 saturated heterocycles. The molecule has 2 rings (SSSR count). The van der Waals surface area contributed by atoms with Gasteiger partial charge in [-0.15, -0.1) is 0 Å². The molecule has 3 nitrogen and oxygen atoms in total. The van der Waals surface area contributed by atoms with Crippen LogP contribution in [0.15, 0.2) is 18.2 Å². The molecule has 0 aliphatic carbocycles. The maximum absolute atomic E-state index is 12.9. The zero-order valence-corrected chi connectivity index (χ0v) is 9.92. The number of halogens is 2. The lowest BCUT2D eigenvalue weighted by molar-refractivity contribution is -0.118. The molecule has 5 heteroatoms. The number of amides is 1. The van der Waals surface area contributed by atoms with E-state index in [2.05, 4.69) is 5.32 Å². The van der Waals surface area contributed by atoms with Crippen LogP contribution in [-0.4, -0.2) is 19.1 Å². The van der Waals surface area contributed by atoms with Crippen molar-refractivity contribution in [2.24, 2.45) is 5.92 Å². The van der Waals surface area contributed by atoms with Gasteiger partial charge in [-0.25, -0.2) is 8.78 Å². The third-order valence-electron chi connectivity index (χ3n) is 2.93. The molecule has 1 heterocycles. The van der Waals surface area contributed by atoms with Crippen molar-refractivity contribution in [1.82, 2.24) is 0 Å². The fraction of sp³-hybridized carbons (Fsp3) is 0.462. The first-order chi connectivity index (χ1) is 8.65. The van der Waals surface area contributed by atoms with Gasteiger partial charge in [0, 0.05) is 31.4 Å². The Hall–Kier alpha value is -1.49. The Labute approximate surface area is 104 Å². The highest BCUT2D eigenvalue weighted by Crippen LogP contribution is 2.19. The Morgan fingerprint density at radius 2 is 2.22 bits per heavy atom. The number of benzene rings is 1. The number of hydrogen-bond acceptors (Lipinski definition) is 2. The summed E-state index contributed by atoms with van der Waals surface area (Å²) in [6.45, 7) is 1.34. The van der Waals surface area contributed by atoms with Crippen LogP contribution in [0.1, 0.15) is 19.3 Å². The van der Waals surface area contributed by atoms with Crippen molar-refractivity contribution in [1.29, 1.82) is 0 Å². The van der Waals surface area contributed by atoms with Crippen molar-refractivity contribution in [2.75, 3.05) is 18.5 Å². The van der Waals surface area contributed by atoms with Crippen molar-refractivity contribution in [3.05, 3.63) is 29.8 Å². The smallest absolute Gasteiger partial charge is 0.224 e. The second-order valence-corrected chi connectivity index (χ2v) is 4.46. The van der Waals surface area contributed by atoms with E-state index in [9.17, 15) is 13.6 Å². The second-order valence-electron chi connectivity index (χ2n) is 4.46. The minimum Gasteiger partial charge on any atom is -0.381 e. The SMILES string of the molecule is O=C(CC1CCCOC1)Nc1ccc(F)c(F)c1. The molecule has 1 aromatic rings. The molecule has 1 N–H and O–H groups in total. The Morgan fingerprint density at radius 1 is 1.39 bits per heavy atom. The molecule has 1 amide bonds. The highest BCUT2D eigenvalue weighted by Gasteiger charge is 2.17. The zero-order valence-electron chi connectivity index (χ0n) is 9.92. The third kappa shape index (κ3) is 3.50. The van der Waals surface area contributed by atoms with Crippen molar-refractivity contribution in [3.63, 3.8) is 0 Å². The van der Waals surface area contributed by atoms with Gasteiger partial charge in [-0.3, -0.25) is 4.79 Å². The van der Waals surface area contributed by atoms with Crippen LogP contribution in [0.5, 0.6) is 0 Å². The van der Waals surface area contributed by atoms with Crippen LogP contribution in [0.25, 0.3) is 0 Å². The second kappa shape index (κ2) is 5.91. The summed E-state index contributed by atoms with van der Waals surface area (Å²) in [6.07, 6.45) is 2.27. The molecule has 0 saturated carbocycles. The number of hydrogen-bond donors (Lipinski definition) is 1. The van der Waals surface area contributed by atoms with E-state index in [-0.39, 0.29) is 17.5 Å². The minimum atomic E-state index is -0.964. The Bertz CT molecular complexity index is 431. The molecule has 1 fully saturated rings. The van der Waals surface area contributed by atoms with E-state index in [1.54, 1.807) is 0 Å². The van der Waals surface area contributed by atoms with E-state index in [1.807, 2.05) is 0 Å².